The van der Waals surface area contributed by atoms with Gasteiger partial charge in [-0.2, -0.15) is 0 Å². The third kappa shape index (κ3) is 10.9. The van der Waals surface area contributed by atoms with E-state index in [0.717, 1.165) is 51.4 Å². The first-order chi connectivity index (χ1) is 22.5. The van der Waals surface area contributed by atoms with E-state index in [-0.39, 0.29) is 30.6 Å². The molecule has 3 aliphatic carbocycles. The molecule has 0 spiro atoms. The molecule has 0 aromatic carbocycles. The Balaban J connectivity index is 1.63. The number of ether oxygens (including phenoxy) is 1. The van der Waals surface area contributed by atoms with Gasteiger partial charge in [0.15, 0.2) is 0 Å². The smallest absolute Gasteiger partial charge is 0.315 e. The fourth-order valence-corrected chi connectivity index (χ4v) is 9.41. The number of hydrogen-bond acceptors (Lipinski definition) is 8. The normalized spacial score (nSPS) is 26.2. The van der Waals surface area contributed by atoms with E-state index in [0.29, 0.717) is 38.5 Å². The van der Waals surface area contributed by atoms with Gasteiger partial charge in [-0.25, -0.2) is 13.2 Å². The van der Waals surface area contributed by atoms with Crippen LogP contribution in [0.5, 0.6) is 0 Å². The van der Waals surface area contributed by atoms with Crippen molar-refractivity contribution in [3.8, 4) is 0 Å². The maximum absolute atomic E-state index is 14.7. The fourth-order valence-electron chi connectivity index (χ4n) is 8.04. The van der Waals surface area contributed by atoms with Gasteiger partial charge in [-0.15, -0.1) is 0 Å². The molecule has 0 aromatic rings. The second kappa shape index (κ2) is 15.9. The van der Waals surface area contributed by atoms with E-state index < -0.39 is 74.7 Å². The van der Waals surface area contributed by atoms with Gasteiger partial charge in [0.2, 0.25) is 17.6 Å². The highest BCUT2D eigenvalue weighted by atomic mass is 32.2. The van der Waals surface area contributed by atoms with E-state index in [2.05, 4.69) is 16.0 Å². The summed E-state index contributed by atoms with van der Waals surface area (Å²) < 4.78 is 31.1. The highest BCUT2D eigenvalue weighted by Gasteiger charge is 2.44. The molecule has 48 heavy (non-hydrogen) atoms. The number of ketones is 1. The second-order valence-electron chi connectivity index (χ2n) is 15.6. The number of urea groups is 1. The first-order valence-corrected chi connectivity index (χ1v) is 19.9. The number of rotatable bonds is 12. The van der Waals surface area contributed by atoms with Crippen LogP contribution in [0.4, 0.5) is 4.79 Å². The van der Waals surface area contributed by atoms with Crippen molar-refractivity contribution in [1.29, 1.82) is 0 Å². The van der Waals surface area contributed by atoms with Crippen LogP contribution in [0.25, 0.3) is 0 Å². The molecule has 5 N–H and O–H groups in total. The molecule has 0 radical (unpaired) electrons. The Morgan fingerprint density at radius 1 is 0.896 bits per heavy atom. The predicted molar refractivity (Wildman–Crippen MR) is 180 cm³/mol. The van der Waals surface area contributed by atoms with Crippen molar-refractivity contribution in [1.82, 2.24) is 20.9 Å². The topological polar surface area (TPSA) is 194 Å². The van der Waals surface area contributed by atoms with Crippen molar-refractivity contribution in [2.75, 3.05) is 18.6 Å². The van der Waals surface area contributed by atoms with Crippen LogP contribution in [0.1, 0.15) is 117 Å². The van der Waals surface area contributed by atoms with Crippen molar-refractivity contribution in [2.45, 2.75) is 152 Å². The third-order valence-electron chi connectivity index (χ3n) is 10.5. The fraction of sp³-hybridized carbons (Fsp3) is 0.853. The van der Waals surface area contributed by atoms with Crippen molar-refractivity contribution in [3.05, 3.63) is 0 Å². The van der Waals surface area contributed by atoms with Crippen LogP contribution in [-0.4, -0.2) is 96.8 Å². The minimum absolute atomic E-state index is 0.0714. The molecule has 13 nitrogen and oxygen atoms in total. The number of nitrogens with one attached hydrogen (secondary N) is 3. The molecule has 1 aliphatic heterocycles. The number of nitrogens with zero attached hydrogens (tertiary/aromatic N) is 1. The largest absolute Gasteiger partial charge is 0.371 e. The molecule has 4 atom stereocenters. The Labute approximate surface area is 285 Å². The molecule has 4 fully saturated rings. The minimum Gasteiger partial charge on any atom is -0.371 e. The molecular formula is C34H57N5O8S. The summed E-state index contributed by atoms with van der Waals surface area (Å²) in [5.41, 5.74) is 3.84. The standard InChI is InChI=1S/C34H57N5O8S/c1-22-20-39(26(15-18-33(2,3)47-22)30(42)36-25(19-23-13-14-23)28(40)29(35)41)31(43)27(24-11-7-5-8-12-24)37-32(44)38-34(21-48(4,45)46)16-9-6-10-17-34/h22-27H,5-21H2,1-4H3,(H2,35,41)(H,36,42)(H2,37,38,44)/t22-,25?,26+,27+/m1/s1. The SMILES string of the molecule is C[C@@H]1CN(C(=O)[C@@H](NC(=O)NC2(CS(C)(=O)=O)CCCCC2)C2CCCCC2)[C@H](C(=O)NC(CC2CC2)C(=O)C(N)=O)CCC(C)(C)O1. The van der Waals surface area contributed by atoms with E-state index in [1.54, 1.807) is 0 Å². The summed E-state index contributed by atoms with van der Waals surface area (Å²) >= 11 is 0. The quantitative estimate of drug-likeness (QED) is 0.224. The zero-order valence-corrected chi connectivity index (χ0v) is 30.0. The van der Waals surface area contributed by atoms with Gasteiger partial charge in [0.05, 0.1) is 29.0 Å². The Morgan fingerprint density at radius 2 is 1.52 bits per heavy atom. The van der Waals surface area contributed by atoms with E-state index in [4.69, 9.17) is 10.5 Å². The molecule has 14 heteroatoms. The van der Waals surface area contributed by atoms with Gasteiger partial charge in [0.1, 0.15) is 21.9 Å². The molecule has 0 aromatic heterocycles. The molecule has 4 aliphatic rings. The van der Waals surface area contributed by atoms with Gasteiger partial charge in [-0.3, -0.25) is 19.2 Å². The van der Waals surface area contributed by atoms with E-state index >= 15 is 0 Å². The molecule has 272 valence electrons. The first kappa shape index (κ1) is 38.1. The number of sulfone groups is 1. The third-order valence-corrected chi connectivity index (χ3v) is 11.6. The highest BCUT2D eigenvalue weighted by molar-refractivity contribution is 7.90. The number of carbonyl (C=O) groups is 5. The summed E-state index contributed by atoms with van der Waals surface area (Å²) in [7, 11) is -3.40. The van der Waals surface area contributed by atoms with E-state index in [9.17, 15) is 32.4 Å². The number of nitrogens with two attached hydrogens (primary N) is 1. The number of hydrogen-bond donors (Lipinski definition) is 4. The van der Waals surface area contributed by atoms with E-state index in [1.165, 1.54) is 11.2 Å². The molecule has 1 unspecified atom stereocenters. The first-order valence-electron chi connectivity index (χ1n) is 17.9. The van der Waals surface area contributed by atoms with Crippen LogP contribution < -0.4 is 21.7 Å². The lowest BCUT2D eigenvalue weighted by molar-refractivity contribution is -0.154. The van der Waals surface area contributed by atoms with Gasteiger partial charge in [-0.05, 0) is 77.6 Å². The summed E-state index contributed by atoms with van der Waals surface area (Å²) in [5.74, 6) is -3.10. The van der Waals surface area contributed by atoms with Crippen molar-refractivity contribution in [2.24, 2.45) is 17.6 Å². The molecule has 3 saturated carbocycles. The Bertz CT molecular complexity index is 1300. The highest BCUT2D eigenvalue weighted by Crippen LogP contribution is 2.35. The van der Waals surface area contributed by atoms with Crippen LogP contribution in [0.2, 0.25) is 0 Å². The minimum atomic E-state index is -3.40. The van der Waals surface area contributed by atoms with Crippen molar-refractivity contribution in [3.63, 3.8) is 0 Å². The lowest BCUT2D eigenvalue weighted by Gasteiger charge is -2.43. The molecule has 4 rings (SSSR count). The Morgan fingerprint density at radius 3 is 2.10 bits per heavy atom. The Kier molecular flexibility index (Phi) is 12.6. The Hall–Kier alpha value is -2.74. The van der Waals surface area contributed by atoms with Gasteiger partial charge in [0, 0.05) is 12.8 Å². The van der Waals surface area contributed by atoms with Crippen LogP contribution in [0, 0.1) is 11.8 Å². The summed E-state index contributed by atoms with van der Waals surface area (Å²) in [6.45, 7) is 5.76. The monoisotopic (exact) mass is 695 g/mol. The number of amides is 5. The zero-order chi connectivity index (χ0) is 35.3. The number of primary amides is 1. The van der Waals surface area contributed by atoms with Gasteiger partial charge in [0.25, 0.3) is 5.91 Å². The zero-order valence-electron chi connectivity index (χ0n) is 29.2. The van der Waals surface area contributed by atoms with Crippen molar-refractivity contribution < 1.29 is 37.1 Å². The maximum Gasteiger partial charge on any atom is 0.315 e. The van der Waals surface area contributed by atoms with Crippen LogP contribution in [0.3, 0.4) is 0 Å². The average molecular weight is 696 g/mol. The summed E-state index contributed by atoms with van der Waals surface area (Å²) in [6, 6.07) is -3.63. The molecule has 1 saturated heterocycles. The average Bonchev–Trinajstić information content (AvgIpc) is 3.81. The molecule has 1 heterocycles. The lowest BCUT2D eigenvalue weighted by atomic mass is 9.82. The van der Waals surface area contributed by atoms with Gasteiger partial charge >= 0.3 is 6.03 Å². The number of Topliss-reactive ketones (excluding diaryl/α,β-unsaturated/α-hetero) is 1. The van der Waals surface area contributed by atoms with E-state index in [1.807, 2.05) is 20.8 Å². The van der Waals surface area contributed by atoms with Crippen molar-refractivity contribution >= 4 is 39.4 Å². The maximum atomic E-state index is 14.7. The molecular weight excluding hydrogens is 638 g/mol. The predicted octanol–water partition coefficient (Wildman–Crippen LogP) is 2.50. The van der Waals surface area contributed by atoms with Crippen LogP contribution in [0.15, 0.2) is 0 Å². The summed E-state index contributed by atoms with van der Waals surface area (Å²) in [4.78, 5) is 68.7. The van der Waals surface area contributed by atoms with Gasteiger partial charge < -0.3 is 31.3 Å². The van der Waals surface area contributed by atoms with Crippen LogP contribution in [-0.2, 0) is 33.8 Å². The molecule has 5 amide bonds. The summed E-state index contributed by atoms with van der Waals surface area (Å²) in [6.07, 6.45) is 11.3. The van der Waals surface area contributed by atoms with Crippen LogP contribution >= 0.6 is 0 Å². The second-order valence-corrected chi connectivity index (χ2v) is 17.7. The molecule has 0 bridgehead atoms. The lowest BCUT2D eigenvalue weighted by Crippen LogP contribution is -2.64. The number of carbonyl (C=O) groups excluding carboxylic acids is 5. The van der Waals surface area contributed by atoms with Gasteiger partial charge in [-0.1, -0.05) is 51.4 Å². The summed E-state index contributed by atoms with van der Waals surface area (Å²) in [5, 5.41) is 8.71.